The van der Waals surface area contributed by atoms with Gasteiger partial charge < -0.3 is 25.6 Å². The molecule has 1 aliphatic heterocycles. The van der Waals surface area contributed by atoms with Crippen LogP contribution in [0.25, 0.3) is 11.1 Å². The molecular weight excluding hydrogens is 570 g/mol. The van der Waals surface area contributed by atoms with Gasteiger partial charge in [-0.2, -0.15) is 0 Å². The van der Waals surface area contributed by atoms with Crippen LogP contribution < -0.4 is 15.4 Å². The Morgan fingerprint density at radius 1 is 0.930 bits per heavy atom. The molecule has 2 heterocycles. The van der Waals surface area contributed by atoms with Gasteiger partial charge in [-0.05, 0) is 52.9 Å². The minimum absolute atomic E-state index is 0.0162. The number of fused-ring (bicyclic) bond motifs is 1. The van der Waals surface area contributed by atoms with Crippen LogP contribution in [0, 0.1) is 0 Å². The summed E-state index contributed by atoms with van der Waals surface area (Å²) < 4.78 is 5.26. The summed E-state index contributed by atoms with van der Waals surface area (Å²) in [6.45, 7) is 1.09. The van der Waals surface area contributed by atoms with Crippen molar-refractivity contribution in [2.45, 2.75) is 25.6 Å². The van der Waals surface area contributed by atoms with Gasteiger partial charge in [-0.1, -0.05) is 54.6 Å². The van der Waals surface area contributed by atoms with E-state index in [2.05, 4.69) is 15.5 Å². The van der Waals surface area contributed by atoms with Crippen molar-refractivity contribution in [1.29, 1.82) is 0 Å². The van der Waals surface area contributed by atoms with E-state index in [1.54, 1.807) is 19.2 Å². The van der Waals surface area contributed by atoms with E-state index in [0.717, 1.165) is 33.8 Å². The predicted molar refractivity (Wildman–Crippen MR) is 161 cm³/mol. The summed E-state index contributed by atoms with van der Waals surface area (Å²) in [5.74, 6) is -3.81. The zero-order chi connectivity index (χ0) is 30.5. The van der Waals surface area contributed by atoms with Crippen LogP contribution in [0.1, 0.15) is 36.7 Å². The molecule has 220 valence electrons. The molecule has 43 heavy (non-hydrogen) atoms. The topological polar surface area (TPSA) is 145 Å². The Bertz CT molecular complexity index is 1650. The first kappa shape index (κ1) is 29.5. The molecule has 10 nitrogen and oxygen atoms in total. The number of ether oxygens (including phenoxy) is 1. The lowest BCUT2D eigenvalue weighted by atomic mass is 9.95. The number of rotatable bonds is 9. The van der Waals surface area contributed by atoms with E-state index < -0.39 is 17.8 Å². The van der Waals surface area contributed by atoms with Gasteiger partial charge in [0.2, 0.25) is 0 Å². The standard InChI is InChI=1S/C32H29N3O7S/c1-42-24-13-7-19(8-14-24)17-35-18-26-25(27(31(38)39)30(43-26)34-29(37)32(40)41)15-23(35)16-33-28(36)22-11-9-21(10-12-22)20-5-3-2-4-6-20/h2-14,23H,15-18H2,1H3,(H,33,36)(H,34,37)(H,38,39)(H,40,41). The summed E-state index contributed by atoms with van der Waals surface area (Å²) in [5.41, 5.74) is 3.93. The van der Waals surface area contributed by atoms with Crippen molar-refractivity contribution in [3.8, 4) is 16.9 Å². The van der Waals surface area contributed by atoms with Crippen molar-refractivity contribution in [2.24, 2.45) is 0 Å². The van der Waals surface area contributed by atoms with E-state index >= 15 is 0 Å². The summed E-state index contributed by atoms with van der Waals surface area (Å²) in [7, 11) is 1.59. The Kier molecular flexibility index (Phi) is 8.84. The number of carboxylic acid groups (broad SMARTS) is 2. The third kappa shape index (κ3) is 6.74. The summed E-state index contributed by atoms with van der Waals surface area (Å²) in [4.78, 5) is 51.2. The molecule has 1 aromatic heterocycles. The molecule has 4 aromatic rings. The van der Waals surface area contributed by atoms with Crippen molar-refractivity contribution in [3.05, 3.63) is 106 Å². The monoisotopic (exact) mass is 599 g/mol. The van der Waals surface area contributed by atoms with E-state index in [1.807, 2.05) is 66.7 Å². The van der Waals surface area contributed by atoms with E-state index in [0.29, 0.717) is 29.1 Å². The predicted octanol–water partition coefficient (Wildman–Crippen LogP) is 4.50. The van der Waals surface area contributed by atoms with Crippen molar-refractivity contribution < 1.29 is 34.1 Å². The second-order valence-electron chi connectivity index (χ2n) is 10.0. The minimum atomic E-state index is -1.71. The quantitative estimate of drug-likeness (QED) is 0.206. The number of aromatic carboxylic acids is 1. The number of methoxy groups -OCH3 is 1. The van der Waals surface area contributed by atoms with Gasteiger partial charge in [-0.15, -0.1) is 11.3 Å². The minimum Gasteiger partial charge on any atom is -0.497 e. The molecule has 0 saturated carbocycles. The summed E-state index contributed by atoms with van der Waals surface area (Å²) in [6.07, 6.45) is 0.278. The van der Waals surface area contributed by atoms with E-state index in [9.17, 15) is 24.3 Å². The molecule has 1 aliphatic rings. The lowest BCUT2D eigenvalue weighted by Gasteiger charge is -2.36. The maximum absolute atomic E-state index is 13.1. The third-order valence-electron chi connectivity index (χ3n) is 7.33. The molecule has 2 amide bonds. The average Bonchev–Trinajstić information content (AvgIpc) is 3.37. The molecule has 5 rings (SSSR count). The number of aliphatic carboxylic acids is 1. The fourth-order valence-electron chi connectivity index (χ4n) is 5.11. The second-order valence-corrected chi connectivity index (χ2v) is 11.1. The number of anilines is 1. The Labute approximate surface area is 251 Å². The van der Waals surface area contributed by atoms with Crippen LogP contribution in [0.3, 0.4) is 0 Å². The maximum atomic E-state index is 13.1. The number of carbonyl (C=O) groups excluding carboxylic acids is 2. The molecule has 1 atom stereocenters. The van der Waals surface area contributed by atoms with Gasteiger partial charge in [-0.3, -0.25) is 14.5 Å². The molecule has 0 fully saturated rings. The van der Waals surface area contributed by atoms with Gasteiger partial charge in [-0.25, -0.2) is 9.59 Å². The molecule has 3 aromatic carbocycles. The highest BCUT2D eigenvalue weighted by Gasteiger charge is 2.34. The Hall–Kier alpha value is -5.00. The highest BCUT2D eigenvalue weighted by Crippen LogP contribution is 2.39. The molecule has 11 heteroatoms. The number of nitrogens with zero attached hydrogens (tertiary/aromatic N) is 1. The first-order chi connectivity index (χ1) is 20.7. The summed E-state index contributed by atoms with van der Waals surface area (Å²) >= 11 is 1.05. The first-order valence-electron chi connectivity index (χ1n) is 13.5. The normalized spacial score (nSPS) is 14.4. The van der Waals surface area contributed by atoms with Crippen LogP contribution in [-0.4, -0.2) is 58.6 Å². The molecular formula is C32H29N3O7S. The van der Waals surface area contributed by atoms with Gasteiger partial charge in [0, 0.05) is 36.1 Å². The van der Waals surface area contributed by atoms with Crippen LogP contribution >= 0.6 is 11.3 Å². The number of thiophene rings is 1. The number of hydrogen-bond donors (Lipinski definition) is 4. The van der Waals surface area contributed by atoms with Gasteiger partial charge in [0.1, 0.15) is 10.8 Å². The Morgan fingerprint density at radius 3 is 2.23 bits per heavy atom. The van der Waals surface area contributed by atoms with Crippen molar-refractivity contribution in [1.82, 2.24) is 10.2 Å². The molecule has 0 spiro atoms. The summed E-state index contributed by atoms with van der Waals surface area (Å²) in [5, 5.41) is 24.2. The van der Waals surface area contributed by atoms with Crippen LogP contribution in [-0.2, 0) is 29.1 Å². The van der Waals surface area contributed by atoms with E-state index in [-0.39, 0.29) is 35.5 Å². The molecule has 4 N–H and O–H groups in total. The fraction of sp³-hybridized carbons (Fsp3) is 0.188. The number of nitrogens with one attached hydrogen (secondary N) is 2. The number of carbonyl (C=O) groups is 4. The molecule has 1 unspecified atom stereocenters. The van der Waals surface area contributed by atoms with Crippen LogP contribution in [0.4, 0.5) is 5.00 Å². The second kappa shape index (κ2) is 12.9. The van der Waals surface area contributed by atoms with Gasteiger partial charge >= 0.3 is 17.8 Å². The van der Waals surface area contributed by atoms with Crippen LogP contribution in [0.2, 0.25) is 0 Å². The number of hydrogen-bond acceptors (Lipinski definition) is 7. The van der Waals surface area contributed by atoms with Crippen LogP contribution in [0.5, 0.6) is 5.75 Å². The maximum Gasteiger partial charge on any atom is 0.394 e. The summed E-state index contributed by atoms with van der Waals surface area (Å²) in [6, 6.07) is 24.5. The number of carboxylic acids is 2. The highest BCUT2D eigenvalue weighted by molar-refractivity contribution is 7.17. The van der Waals surface area contributed by atoms with E-state index in [1.165, 1.54) is 0 Å². The Balaban J connectivity index is 1.38. The zero-order valence-electron chi connectivity index (χ0n) is 23.2. The van der Waals surface area contributed by atoms with Crippen LogP contribution in [0.15, 0.2) is 78.9 Å². The number of benzene rings is 3. The SMILES string of the molecule is COc1ccc(CN2Cc3sc(NC(=O)C(=O)O)c(C(=O)O)c3CC2CNC(=O)c2ccc(-c3ccccc3)cc2)cc1. The van der Waals surface area contributed by atoms with Crippen molar-refractivity contribution in [3.63, 3.8) is 0 Å². The molecule has 0 radical (unpaired) electrons. The van der Waals surface area contributed by atoms with E-state index in [4.69, 9.17) is 9.84 Å². The fourth-order valence-corrected chi connectivity index (χ4v) is 6.36. The number of amides is 2. The smallest absolute Gasteiger partial charge is 0.394 e. The molecule has 0 saturated heterocycles. The average molecular weight is 600 g/mol. The van der Waals surface area contributed by atoms with Crippen molar-refractivity contribution >= 4 is 40.1 Å². The van der Waals surface area contributed by atoms with Gasteiger partial charge in [0.15, 0.2) is 0 Å². The zero-order valence-corrected chi connectivity index (χ0v) is 24.0. The van der Waals surface area contributed by atoms with Gasteiger partial charge in [0.05, 0.1) is 12.7 Å². The van der Waals surface area contributed by atoms with Gasteiger partial charge in [0.25, 0.3) is 5.91 Å². The largest absolute Gasteiger partial charge is 0.497 e. The first-order valence-corrected chi connectivity index (χ1v) is 14.3. The lowest BCUT2D eigenvalue weighted by molar-refractivity contribution is -0.147. The molecule has 0 bridgehead atoms. The highest BCUT2D eigenvalue weighted by atomic mass is 32.1. The molecule has 0 aliphatic carbocycles. The third-order valence-corrected chi connectivity index (χ3v) is 8.46. The lowest BCUT2D eigenvalue weighted by Crippen LogP contribution is -2.47. The van der Waals surface area contributed by atoms with Crippen molar-refractivity contribution in [2.75, 3.05) is 19.0 Å². The Morgan fingerprint density at radius 2 is 1.60 bits per heavy atom.